The van der Waals surface area contributed by atoms with Crippen LogP contribution < -0.4 is 14.8 Å². The van der Waals surface area contributed by atoms with Gasteiger partial charge in [0.2, 0.25) is 5.91 Å². The number of nitrogens with one attached hydrogen (secondary N) is 1. The molecule has 0 saturated carbocycles. The van der Waals surface area contributed by atoms with Gasteiger partial charge in [0.1, 0.15) is 11.8 Å². The van der Waals surface area contributed by atoms with Crippen molar-refractivity contribution >= 4 is 11.8 Å². The number of rotatable bonds is 6. The lowest BCUT2D eigenvalue weighted by Gasteiger charge is -2.24. The van der Waals surface area contributed by atoms with E-state index in [0.717, 1.165) is 6.42 Å². The third kappa shape index (κ3) is 3.66. The number of carbonyl (C=O) groups is 2. The van der Waals surface area contributed by atoms with E-state index < -0.39 is 6.04 Å². The Morgan fingerprint density at radius 2 is 2.04 bits per heavy atom. The maximum absolute atomic E-state index is 12.9. The zero-order chi connectivity index (χ0) is 18.5. The first kappa shape index (κ1) is 17.8. The highest BCUT2D eigenvalue weighted by molar-refractivity contribution is 5.98. The molecular formula is C19H22N2O5. The fourth-order valence-corrected chi connectivity index (χ4v) is 3.12. The summed E-state index contributed by atoms with van der Waals surface area (Å²) in [6.07, 6.45) is 2.99. The van der Waals surface area contributed by atoms with E-state index in [-0.39, 0.29) is 11.8 Å². The number of methoxy groups -OCH3 is 2. The van der Waals surface area contributed by atoms with Gasteiger partial charge in [-0.1, -0.05) is 0 Å². The summed E-state index contributed by atoms with van der Waals surface area (Å²) in [6.45, 7) is 0.854. The normalized spacial score (nSPS) is 16.4. The summed E-state index contributed by atoms with van der Waals surface area (Å²) >= 11 is 0. The standard InChI is InChI=1S/C19H22N2O5/c1-24-16-8-7-13(11-17(16)25-2)19(23)21-9-3-6-15(21)18(22)20-12-14-5-4-10-26-14/h4-5,7-8,10-11,15H,3,6,9,12H2,1-2H3,(H,20,22). The average molecular weight is 358 g/mol. The number of benzene rings is 1. The highest BCUT2D eigenvalue weighted by Gasteiger charge is 2.34. The summed E-state index contributed by atoms with van der Waals surface area (Å²) in [5.74, 6) is 1.35. The molecule has 0 radical (unpaired) electrons. The lowest BCUT2D eigenvalue weighted by atomic mass is 10.1. The van der Waals surface area contributed by atoms with Crippen molar-refractivity contribution in [3.8, 4) is 11.5 Å². The van der Waals surface area contributed by atoms with Gasteiger partial charge in [-0.15, -0.1) is 0 Å². The van der Waals surface area contributed by atoms with Gasteiger partial charge in [0.15, 0.2) is 11.5 Å². The van der Waals surface area contributed by atoms with Crippen molar-refractivity contribution in [2.45, 2.75) is 25.4 Å². The average Bonchev–Trinajstić information content (AvgIpc) is 3.36. The second kappa shape index (κ2) is 7.95. The fourth-order valence-electron chi connectivity index (χ4n) is 3.12. The van der Waals surface area contributed by atoms with Gasteiger partial charge < -0.3 is 24.1 Å². The molecule has 1 saturated heterocycles. The molecule has 138 valence electrons. The lowest BCUT2D eigenvalue weighted by Crippen LogP contribution is -2.45. The Kier molecular flexibility index (Phi) is 5.46. The third-order valence-electron chi connectivity index (χ3n) is 4.46. The number of hydrogen-bond acceptors (Lipinski definition) is 5. The number of hydrogen-bond donors (Lipinski definition) is 1. The van der Waals surface area contributed by atoms with Gasteiger partial charge >= 0.3 is 0 Å². The topological polar surface area (TPSA) is 81.0 Å². The largest absolute Gasteiger partial charge is 0.493 e. The van der Waals surface area contributed by atoms with Crippen molar-refractivity contribution < 1.29 is 23.5 Å². The van der Waals surface area contributed by atoms with E-state index in [0.29, 0.717) is 42.3 Å². The number of carbonyl (C=O) groups excluding carboxylic acids is 2. The molecule has 1 N–H and O–H groups in total. The maximum atomic E-state index is 12.9. The van der Waals surface area contributed by atoms with Crippen molar-refractivity contribution in [2.24, 2.45) is 0 Å². The Balaban J connectivity index is 1.70. The molecule has 3 rings (SSSR count). The van der Waals surface area contributed by atoms with Crippen LogP contribution in [-0.2, 0) is 11.3 Å². The Morgan fingerprint density at radius 1 is 1.23 bits per heavy atom. The summed E-state index contributed by atoms with van der Waals surface area (Å²) in [5, 5.41) is 2.83. The van der Waals surface area contributed by atoms with E-state index in [4.69, 9.17) is 13.9 Å². The summed E-state index contributed by atoms with van der Waals surface area (Å²) < 4.78 is 15.7. The van der Waals surface area contributed by atoms with Gasteiger partial charge in [-0.2, -0.15) is 0 Å². The predicted molar refractivity (Wildman–Crippen MR) is 94.2 cm³/mol. The number of likely N-dealkylation sites (tertiary alicyclic amines) is 1. The Bertz CT molecular complexity index is 772. The van der Waals surface area contributed by atoms with Crippen LogP contribution in [0.15, 0.2) is 41.0 Å². The molecule has 2 aromatic rings. The molecule has 7 nitrogen and oxygen atoms in total. The van der Waals surface area contributed by atoms with Crippen LogP contribution in [0.1, 0.15) is 29.0 Å². The molecule has 26 heavy (non-hydrogen) atoms. The molecule has 1 atom stereocenters. The minimum absolute atomic E-state index is 0.173. The molecule has 2 heterocycles. The van der Waals surface area contributed by atoms with Gasteiger partial charge in [0.05, 0.1) is 27.0 Å². The Hall–Kier alpha value is -2.96. The van der Waals surface area contributed by atoms with Gasteiger partial charge in [0.25, 0.3) is 5.91 Å². The molecule has 7 heteroatoms. The number of ether oxygens (including phenoxy) is 2. The third-order valence-corrected chi connectivity index (χ3v) is 4.46. The molecule has 1 aromatic heterocycles. The first-order valence-electron chi connectivity index (χ1n) is 8.47. The monoisotopic (exact) mass is 358 g/mol. The van der Waals surface area contributed by atoms with Crippen molar-refractivity contribution in [2.75, 3.05) is 20.8 Å². The zero-order valence-electron chi connectivity index (χ0n) is 14.9. The number of furan rings is 1. The smallest absolute Gasteiger partial charge is 0.254 e. The predicted octanol–water partition coefficient (Wildman–Crippen LogP) is 2.22. The minimum atomic E-state index is -0.481. The van der Waals surface area contributed by atoms with E-state index in [2.05, 4.69) is 5.32 Å². The quantitative estimate of drug-likeness (QED) is 0.856. The van der Waals surface area contributed by atoms with Crippen molar-refractivity contribution in [3.63, 3.8) is 0 Å². The summed E-state index contributed by atoms with van der Waals surface area (Å²) in [6, 6.07) is 8.09. The lowest BCUT2D eigenvalue weighted by molar-refractivity contribution is -0.125. The zero-order valence-corrected chi connectivity index (χ0v) is 14.9. The second-order valence-corrected chi connectivity index (χ2v) is 6.02. The SMILES string of the molecule is COc1ccc(C(=O)N2CCCC2C(=O)NCc2ccco2)cc1OC. The van der Waals surface area contributed by atoms with E-state index in [1.807, 2.05) is 0 Å². The van der Waals surface area contributed by atoms with Crippen LogP contribution in [0.25, 0.3) is 0 Å². The first-order chi connectivity index (χ1) is 12.6. The summed E-state index contributed by atoms with van der Waals surface area (Å²) in [5.41, 5.74) is 0.466. The van der Waals surface area contributed by atoms with E-state index in [1.54, 1.807) is 48.6 Å². The molecule has 0 aliphatic carbocycles. The van der Waals surface area contributed by atoms with Crippen LogP contribution in [0.3, 0.4) is 0 Å². The van der Waals surface area contributed by atoms with E-state index >= 15 is 0 Å². The van der Waals surface area contributed by atoms with Gasteiger partial charge in [-0.3, -0.25) is 9.59 Å². The molecule has 1 aliphatic rings. The molecule has 1 aliphatic heterocycles. The maximum Gasteiger partial charge on any atom is 0.254 e. The molecule has 2 amide bonds. The van der Waals surface area contributed by atoms with Gasteiger partial charge in [-0.05, 0) is 43.2 Å². The van der Waals surface area contributed by atoms with Crippen LogP contribution in [-0.4, -0.2) is 43.5 Å². The molecule has 0 bridgehead atoms. The van der Waals surface area contributed by atoms with Crippen LogP contribution in [0, 0.1) is 0 Å². The second-order valence-electron chi connectivity index (χ2n) is 6.02. The molecular weight excluding hydrogens is 336 g/mol. The minimum Gasteiger partial charge on any atom is -0.493 e. The van der Waals surface area contributed by atoms with Crippen LogP contribution in [0.4, 0.5) is 0 Å². The van der Waals surface area contributed by atoms with Gasteiger partial charge in [-0.25, -0.2) is 0 Å². The highest BCUT2D eigenvalue weighted by atomic mass is 16.5. The summed E-state index contributed by atoms with van der Waals surface area (Å²) in [4.78, 5) is 27.0. The van der Waals surface area contributed by atoms with Crippen molar-refractivity contribution in [1.82, 2.24) is 10.2 Å². The number of nitrogens with zero attached hydrogens (tertiary/aromatic N) is 1. The fraction of sp³-hybridized carbons (Fsp3) is 0.368. The summed E-state index contributed by atoms with van der Waals surface area (Å²) in [7, 11) is 3.06. The highest BCUT2D eigenvalue weighted by Crippen LogP contribution is 2.29. The molecule has 1 unspecified atom stereocenters. The molecule has 1 fully saturated rings. The molecule has 1 aromatic carbocycles. The van der Waals surface area contributed by atoms with Crippen LogP contribution in [0.2, 0.25) is 0 Å². The van der Waals surface area contributed by atoms with Gasteiger partial charge in [0, 0.05) is 12.1 Å². The van der Waals surface area contributed by atoms with E-state index in [1.165, 1.54) is 7.11 Å². The first-order valence-corrected chi connectivity index (χ1v) is 8.47. The Morgan fingerprint density at radius 3 is 2.73 bits per heavy atom. The van der Waals surface area contributed by atoms with E-state index in [9.17, 15) is 9.59 Å². The number of amides is 2. The molecule has 0 spiro atoms. The van der Waals surface area contributed by atoms with Crippen molar-refractivity contribution in [3.05, 3.63) is 47.9 Å². The van der Waals surface area contributed by atoms with Crippen LogP contribution in [0.5, 0.6) is 11.5 Å². The van der Waals surface area contributed by atoms with Crippen LogP contribution >= 0.6 is 0 Å². The van der Waals surface area contributed by atoms with Crippen molar-refractivity contribution in [1.29, 1.82) is 0 Å². The Labute approximate surface area is 151 Å².